The van der Waals surface area contributed by atoms with E-state index in [0.29, 0.717) is 5.89 Å². The Kier molecular flexibility index (Phi) is 2.79. The molecule has 0 aliphatic carbocycles. The SMILES string of the molecule is COC(=O)c1nnc(C2Cc3ccccc3S2)o1. The van der Waals surface area contributed by atoms with Gasteiger partial charge in [-0.25, -0.2) is 4.79 Å². The van der Waals surface area contributed by atoms with E-state index in [0.717, 1.165) is 6.42 Å². The molecule has 2 heterocycles. The van der Waals surface area contributed by atoms with E-state index in [9.17, 15) is 4.79 Å². The van der Waals surface area contributed by atoms with Gasteiger partial charge >= 0.3 is 11.9 Å². The number of benzene rings is 1. The van der Waals surface area contributed by atoms with Crippen LogP contribution in [0.25, 0.3) is 0 Å². The van der Waals surface area contributed by atoms with E-state index in [4.69, 9.17) is 4.42 Å². The van der Waals surface area contributed by atoms with Crippen LogP contribution in [0, 0.1) is 0 Å². The van der Waals surface area contributed by atoms with Crippen LogP contribution < -0.4 is 0 Å². The molecule has 0 spiro atoms. The summed E-state index contributed by atoms with van der Waals surface area (Å²) in [6.45, 7) is 0. The van der Waals surface area contributed by atoms with Crippen LogP contribution in [0.15, 0.2) is 33.6 Å². The molecule has 1 aromatic carbocycles. The molecule has 0 bridgehead atoms. The van der Waals surface area contributed by atoms with Gasteiger partial charge in [-0.1, -0.05) is 18.2 Å². The van der Waals surface area contributed by atoms with Gasteiger partial charge in [-0.2, -0.15) is 0 Å². The Hall–Kier alpha value is -1.82. The monoisotopic (exact) mass is 262 g/mol. The Labute approximate surface area is 108 Å². The number of nitrogens with zero attached hydrogens (tertiary/aromatic N) is 2. The molecule has 1 aliphatic heterocycles. The average molecular weight is 262 g/mol. The zero-order valence-electron chi connectivity index (χ0n) is 9.62. The lowest BCUT2D eigenvalue weighted by Crippen LogP contribution is -2.00. The van der Waals surface area contributed by atoms with Crippen LogP contribution >= 0.6 is 11.8 Å². The maximum Gasteiger partial charge on any atom is 0.396 e. The molecular weight excluding hydrogens is 252 g/mol. The molecular formula is C12H10N2O3S. The van der Waals surface area contributed by atoms with Gasteiger partial charge in [0.25, 0.3) is 0 Å². The molecule has 1 atom stereocenters. The van der Waals surface area contributed by atoms with Crippen LogP contribution in [0.3, 0.4) is 0 Å². The van der Waals surface area contributed by atoms with Crippen molar-refractivity contribution in [2.75, 3.05) is 7.11 Å². The van der Waals surface area contributed by atoms with Crippen molar-refractivity contribution >= 4 is 17.7 Å². The second-order valence-electron chi connectivity index (χ2n) is 3.86. The molecule has 0 amide bonds. The minimum absolute atomic E-state index is 0.0771. The zero-order chi connectivity index (χ0) is 12.5. The minimum atomic E-state index is -0.603. The molecule has 1 aromatic heterocycles. The van der Waals surface area contributed by atoms with Gasteiger partial charge in [0, 0.05) is 4.90 Å². The lowest BCUT2D eigenvalue weighted by atomic mass is 10.1. The molecule has 1 unspecified atom stereocenters. The lowest BCUT2D eigenvalue weighted by Gasteiger charge is -2.00. The smallest absolute Gasteiger partial charge is 0.396 e. The van der Waals surface area contributed by atoms with Gasteiger partial charge in [0.2, 0.25) is 5.89 Å². The summed E-state index contributed by atoms with van der Waals surface area (Å²) in [6.07, 6.45) is 0.837. The van der Waals surface area contributed by atoms with Crippen molar-refractivity contribution < 1.29 is 13.9 Å². The van der Waals surface area contributed by atoms with Crippen molar-refractivity contribution in [3.05, 3.63) is 41.6 Å². The molecule has 0 saturated carbocycles. The highest BCUT2D eigenvalue weighted by molar-refractivity contribution is 7.99. The molecule has 0 radical (unpaired) electrons. The van der Waals surface area contributed by atoms with E-state index in [1.807, 2.05) is 12.1 Å². The van der Waals surface area contributed by atoms with Gasteiger partial charge in [0.05, 0.1) is 12.4 Å². The van der Waals surface area contributed by atoms with E-state index in [1.54, 1.807) is 11.8 Å². The number of aromatic nitrogens is 2. The van der Waals surface area contributed by atoms with E-state index in [2.05, 4.69) is 27.1 Å². The van der Waals surface area contributed by atoms with Crippen LogP contribution in [0.2, 0.25) is 0 Å². The third kappa shape index (κ3) is 1.88. The first-order chi connectivity index (χ1) is 8.78. The number of hydrogen-bond donors (Lipinski definition) is 0. The molecule has 1 aliphatic rings. The predicted octanol–water partition coefficient (Wildman–Crippen LogP) is 2.25. The number of thioether (sulfide) groups is 1. The Morgan fingerprint density at radius 2 is 2.28 bits per heavy atom. The van der Waals surface area contributed by atoms with Gasteiger partial charge in [-0.05, 0) is 18.1 Å². The Bertz CT molecular complexity index is 572. The fraction of sp³-hybridized carbons (Fsp3) is 0.250. The molecule has 2 aromatic rings. The topological polar surface area (TPSA) is 65.2 Å². The van der Waals surface area contributed by atoms with E-state index >= 15 is 0 Å². The zero-order valence-corrected chi connectivity index (χ0v) is 10.4. The van der Waals surface area contributed by atoms with Crippen LogP contribution in [-0.4, -0.2) is 23.3 Å². The number of carbonyl (C=O) groups excluding carboxylic acids is 1. The summed E-state index contributed by atoms with van der Waals surface area (Å²) in [5, 5.41) is 7.68. The summed E-state index contributed by atoms with van der Waals surface area (Å²) in [5.74, 6) is -0.227. The third-order valence-electron chi connectivity index (χ3n) is 2.72. The molecule has 3 rings (SSSR count). The first-order valence-corrected chi connectivity index (χ1v) is 6.32. The molecule has 0 N–H and O–H groups in total. The number of rotatable bonds is 2. The van der Waals surface area contributed by atoms with Crippen LogP contribution in [0.5, 0.6) is 0 Å². The van der Waals surface area contributed by atoms with Crippen LogP contribution in [0.4, 0.5) is 0 Å². The van der Waals surface area contributed by atoms with Crippen molar-refractivity contribution in [1.82, 2.24) is 10.2 Å². The first-order valence-electron chi connectivity index (χ1n) is 5.44. The predicted molar refractivity (Wildman–Crippen MR) is 64.4 cm³/mol. The van der Waals surface area contributed by atoms with Crippen molar-refractivity contribution in [2.24, 2.45) is 0 Å². The van der Waals surface area contributed by atoms with Gasteiger partial charge in [-0.3, -0.25) is 0 Å². The highest BCUT2D eigenvalue weighted by Crippen LogP contribution is 2.45. The number of fused-ring (bicyclic) bond motifs is 1. The van der Waals surface area contributed by atoms with Crippen molar-refractivity contribution in [3.8, 4) is 0 Å². The molecule has 5 nitrogen and oxygen atoms in total. The molecule has 0 saturated heterocycles. The average Bonchev–Trinajstić information content (AvgIpc) is 3.03. The summed E-state index contributed by atoms with van der Waals surface area (Å²) in [4.78, 5) is 12.5. The van der Waals surface area contributed by atoms with Gasteiger partial charge in [0.1, 0.15) is 0 Å². The second kappa shape index (κ2) is 4.45. The lowest BCUT2D eigenvalue weighted by molar-refractivity contribution is 0.0554. The third-order valence-corrected chi connectivity index (χ3v) is 4.03. The minimum Gasteiger partial charge on any atom is -0.462 e. The normalized spacial score (nSPS) is 17.5. The molecule has 92 valence electrons. The van der Waals surface area contributed by atoms with Crippen LogP contribution in [0.1, 0.15) is 27.4 Å². The maximum atomic E-state index is 11.2. The molecule has 18 heavy (non-hydrogen) atoms. The Morgan fingerprint density at radius 1 is 1.44 bits per heavy atom. The van der Waals surface area contributed by atoms with E-state index in [-0.39, 0.29) is 11.1 Å². The number of carbonyl (C=O) groups is 1. The standard InChI is InChI=1S/C12H10N2O3S/c1-16-12(15)11-14-13-10(17-11)9-6-7-4-2-3-5-8(7)18-9/h2-5,9H,6H2,1H3. The Balaban J connectivity index is 1.82. The van der Waals surface area contributed by atoms with Crippen molar-refractivity contribution in [2.45, 2.75) is 16.6 Å². The summed E-state index contributed by atoms with van der Waals surface area (Å²) in [5.41, 5.74) is 1.27. The van der Waals surface area contributed by atoms with Gasteiger partial charge < -0.3 is 9.15 Å². The second-order valence-corrected chi connectivity index (χ2v) is 5.10. The van der Waals surface area contributed by atoms with Gasteiger partial charge in [0.15, 0.2) is 0 Å². The number of ether oxygens (including phenoxy) is 1. The van der Waals surface area contributed by atoms with E-state index < -0.39 is 5.97 Å². The highest BCUT2D eigenvalue weighted by Gasteiger charge is 2.29. The van der Waals surface area contributed by atoms with Crippen LogP contribution in [-0.2, 0) is 11.2 Å². The van der Waals surface area contributed by atoms with E-state index in [1.165, 1.54) is 17.6 Å². The quantitative estimate of drug-likeness (QED) is 0.773. The maximum absolute atomic E-state index is 11.2. The number of esters is 1. The largest absolute Gasteiger partial charge is 0.462 e. The van der Waals surface area contributed by atoms with Crippen molar-refractivity contribution in [3.63, 3.8) is 0 Å². The fourth-order valence-corrected chi connectivity index (χ4v) is 3.08. The van der Waals surface area contributed by atoms with Gasteiger partial charge in [-0.15, -0.1) is 22.0 Å². The molecule has 0 fully saturated rings. The summed E-state index contributed by atoms with van der Waals surface area (Å²) < 4.78 is 9.87. The summed E-state index contributed by atoms with van der Waals surface area (Å²) in [6, 6.07) is 8.16. The van der Waals surface area contributed by atoms with Crippen molar-refractivity contribution in [1.29, 1.82) is 0 Å². The Morgan fingerprint density at radius 3 is 3.06 bits per heavy atom. The highest BCUT2D eigenvalue weighted by atomic mass is 32.2. The summed E-state index contributed by atoms with van der Waals surface area (Å²) in [7, 11) is 1.28. The fourth-order valence-electron chi connectivity index (χ4n) is 1.85. The summed E-state index contributed by atoms with van der Waals surface area (Å²) >= 11 is 1.67. The number of methoxy groups -OCH3 is 1. The molecule has 6 heteroatoms. The first kappa shape index (κ1) is 11.3. The number of hydrogen-bond acceptors (Lipinski definition) is 6.